The first-order valence-corrected chi connectivity index (χ1v) is 5.81. The summed E-state index contributed by atoms with van der Waals surface area (Å²) >= 11 is 0. The first-order chi connectivity index (χ1) is 8.56. The van der Waals surface area contributed by atoms with Crippen LogP contribution in [0.15, 0.2) is 6.20 Å². The highest BCUT2D eigenvalue weighted by atomic mass is 16.2. The Hall–Kier alpha value is -1.89. The molecule has 7 nitrogen and oxygen atoms in total. The zero-order valence-corrected chi connectivity index (χ0v) is 10.7. The molecule has 0 aliphatic rings. The van der Waals surface area contributed by atoms with E-state index in [4.69, 9.17) is 5.73 Å². The number of hydrogen-bond donors (Lipinski definition) is 3. The van der Waals surface area contributed by atoms with E-state index in [0.717, 1.165) is 17.7 Å². The number of rotatable bonds is 6. The van der Waals surface area contributed by atoms with Gasteiger partial charge in [-0.05, 0) is 6.42 Å². The number of nitrogens with one attached hydrogen (secondary N) is 2. The van der Waals surface area contributed by atoms with Crippen molar-refractivity contribution in [1.29, 1.82) is 0 Å². The molecule has 0 aromatic carbocycles. The van der Waals surface area contributed by atoms with Crippen molar-refractivity contribution in [3.05, 3.63) is 17.5 Å². The van der Waals surface area contributed by atoms with Gasteiger partial charge in [0.1, 0.15) is 0 Å². The van der Waals surface area contributed by atoms with Gasteiger partial charge in [0.05, 0.1) is 18.8 Å². The number of carbonyl (C=O) groups excluding carboxylic acids is 2. The second-order valence-corrected chi connectivity index (χ2v) is 3.89. The Kier molecular flexibility index (Phi) is 5.31. The molecule has 0 saturated carbocycles. The molecule has 0 spiro atoms. The van der Waals surface area contributed by atoms with Crippen LogP contribution in [0.3, 0.4) is 0 Å². The third-order valence-corrected chi connectivity index (χ3v) is 2.43. The van der Waals surface area contributed by atoms with Crippen LogP contribution >= 0.6 is 0 Å². The van der Waals surface area contributed by atoms with Crippen LogP contribution in [-0.4, -0.2) is 34.7 Å². The second-order valence-electron chi connectivity index (χ2n) is 3.89. The Balaban J connectivity index is 2.40. The minimum atomic E-state index is -0.347. The molecule has 7 heteroatoms. The average molecular weight is 253 g/mol. The third-order valence-electron chi connectivity index (χ3n) is 2.43. The van der Waals surface area contributed by atoms with Crippen molar-refractivity contribution < 1.29 is 9.59 Å². The summed E-state index contributed by atoms with van der Waals surface area (Å²) in [5.74, 6) is -0.594. The molecule has 0 atom stereocenters. The van der Waals surface area contributed by atoms with Crippen molar-refractivity contribution in [3.63, 3.8) is 0 Å². The van der Waals surface area contributed by atoms with E-state index in [2.05, 4.69) is 15.7 Å². The molecule has 0 aliphatic carbocycles. The fraction of sp³-hybridized carbons (Fsp3) is 0.545. The Morgan fingerprint density at radius 1 is 1.39 bits per heavy atom. The van der Waals surface area contributed by atoms with Gasteiger partial charge >= 0.3 is 0 Å². The molecule has 1 aromatic rings. The van der Waals surface area contributed by atoms with Crippen LogP contribution in [0.2, 0.25) is 0 Å². The molecule has 1 heterocycles. The molecule has 18 heavy (non-hydrogen) atoms. The minimum Gasteiger partial charge on any atom is -0.350 e. The van der Waals surface area contributed by atoms with E-state index in [0.29, 0.717) is 6.54 Å². The molecule has 2 amide bonds. The van der Waals surface area contributed by atoms with Gasteiger partial charge in [-0.25, -0.2) is 0 Å². The van der Waals surface area contributed by atoms with Gasteiger partial charge < -0.3 is 16.4 Å². The second kappa shape index (κ2) is 6.75. The van der Waals surface area contributed by atoms with E-state index in [1.807, 2.05) is 20.2 Å². The quantitative estimate of drug-likeness (QED) is 0.584. The zero-order chi connectivity index (χ0) is 13.5. The summed E-state index contributed by atoms with van der Waals surface area (Å²) in [5, 5.41) is 9.40. The lowest BCUT2D eigenvalue weighted by molar-refractivity contribution is -0.125. The van der Waals surface area contributed by atoms with Crippen molar-refractivity contribution in [2.75, 3.05) is 13.1 Å². The standard InChI is InChI=1S/C11H19N5O2/c1-3-9-8(7-16(2)15-9)5-13-11(18)6-14-10(17)4-12/h7H,3-6,12H2,1-2H3,(H,13,18)(H,14,17). The van der Waals surface area contributed by atoms with Crippen LogP contribution in [0.1, 0.15) is 18.2 Å². The summed E-state index contributed by atoms with van der Waals surface area (Å²) in [4.78, 5) is 22.3. The number of nitrogens with two attached hydrogens (primary N) is 1. The molecule has 0 bridgehead atoms. The number of aryl methyl sites for hydroxylation is 2. The summed E-state index contributed by atoms with van der Waals surface area (Å²) in [6, 6.07) is 0. The summed E-state index contributed by atoms with van der Waals surface area (Å²) in [6.45, 7) is 2.25. The van der Waals surface area contributed by atoms with Gasteiger partial charge in [-0.3, -0.25) is 14.3 Å². The highest BCUT2D eigenvalue weighted by Crippen LogP contribution is 2.06. The maximum absolute atomic E-state index is 11.4. The molecule has 0 fully saturated rings. The largest absolute Gasteiger partial charge is 0.350 e. The predicted molar refractivity (Wildman–Crippen MR) is 66.5 cm³/mol. The van der Waals surface area contributed by atoms with Crippen molar-refractivity contribution in [1.82, 2.24) is 20.4 Å². The Bertz CT molecular complexity index is 427. The molecule has 0 radical (unpaired) electrons. The minimum absolute atomic E-state index is 0.0578. The van der Waals surface area contributed by atoms with E-state index in [1.165, 1.54) is 0 Å². The number of nitrogens with zero attached hydrogens (tertiary/aromatic N) is 2. The van der Waals surface area contributed by atoms with Crippen LogP contribution in [0, 0.1) is 0 Å². The van der Waals surface area contributed by atoms with Gasteiger partial charge in [0, 0.05) is 25.4 Å². The molecule has 1 rings (SSSR count). The molecular formula is C11H19N5O2. The number of hydrogen-bond acceptors (Lipinski definition) is 4. The smallest absolute Gasteiger partial charge is 0.239 e. The average Bonchev–Trinajstić information content (AvgIpc) is 2.73. The monoisotopic (exact) mass is 253 g/mol. The lowest BCUT2D eigenvalue weighted by atomic mass is 10.2. The lowest BCUT2D eigenvalue weighted by Crippen LogP contribution is -2.39. The van der Waals surface area contributed by atoms with Gasteiger partial charge in [-0.15, -0.1) is 0 Å². The Morgan fingerprint density at radius 3 is 2.72 bits per heavy atom. The number of amides is 2. The predicted octanol–water partition coefficient (Wildman–Crippen LogP) is -1.33. The third kappa shape index (κ3) is 4.17. The van der Waals surface area contributed by atoms with Crippen LogP contribution in [0.4, 0.5) is 0 Å². The first kappa shape index (κ1) is 14.2. The van der Waals surface area contributed by atoms with Crippen molar-refractivity contribution in [2.24, 2.45) is 12.8 Å². The normalized spacial score (nSPS) is 10.2. The SMILES string of the molecule is CCc1nn(C)cc1CNC(=O)CNC(=O)CN. The van der Waals surface area contributed by atoms with E-state index in [1.54, 1.807) is 4.68 Å². The molecule has 1 aromatic heterocycles. The summed E-state index contributed by atoms with van der Waals surface area (Å²) in [7, 11) is 1.84. The van der Waals surface area contributed by atoms with E-state index < -0.39 is 0 Å². The maximum Gasteiger partial charge on any atom is 0.239 e. The highest BCUT2D eigenvalue weighted by molar-refractivity contribution is 5.85. The van der Waals surface area contributed by atoms with E-state index in [-0.39, 0.29) is 24.9 Å². The summed E-state index contributed by atoms with van der Waals surface area (Å²) in [6.07, 6.45) is 2.69. The first-order valence-electron chi connectivity index (χ1n) is 5.81. The van der Waals surface area contributed by atoms with Crippen LogP contribution < -0.4 is 16.4 Å². The van der Waals surface area contributed by atoms with Crippen molar-refractivity contribution >= 4 is 11.8 Å². The topological polar surface area (TPSA) is 102 Å². The van der Waals surface area contributed by atoms with Crippen molar-refractivity contribution in [3.8, 4) is 0 Å². The van der Waals surface area contributed by atoms with Gasteiger partial charge in [0.25, 0.3) is 0 Å². The van der Waals surface area contributed by atoms with Crippen molar-refractivity contribution in [2.45, 2.75) is 19.9 Å². The molecule has 0 saturated heterocycles. The van der Waals surface area contributed by atoms with Crippen LogP contribution in [0.5, 0.6) is 0 Å². The lowest BCUT2D eigenvalue weighted by Gasteiger charge is -2.05. The number of aromatic nitrogens is 2. The fourth-order valence-corrected chi connectivity index (χ4v) is 1.54. The van der Waals surface area contributed by atoms with Gasteiger partial charge in [-0.1, -0.05) is 6.92 Å². The van der Waals surface area contributed by atoms with E-state index >= 15 is 0 Å². The van der Waals surface area contributed by atoms with Gasteiger partial charge in [0.15, 0.2) is 0 Å². The Labute approximate surface area is 106 Å². The molecule has 0 aliphatic heterocycles. The number of carbonyl (C=O) groups is 2. The maximum atomic E-state index is 11.4. The van der Waals surface area contributed by atoms with E-state index in [9.17, 15) is 9.59 Å². The Morgan fingerprint density at radius 2 is 2.11 bits per heavy atom. The highest BCUT2D eigenvalue weighted by Gasteiger charge is 2.08. The molecule has 4 N–H and O–H groups in total. The van der Waals surface area contributed by atoms with Gasteiger partial charge in [0.2, 0.25) is 11.8 Å². The zero-order valence-electron chi connectivity index (χ0n) is 10.7. The summed E-state index contributed by atoms with van der Waals surface area (Å²) < 4.78 is 1.72. The van der Waals surface area contributed by atoms with Crippen LogP contribution in [0.25, 0.3) is 0 Å². The molecular weight excluding hydrogens is 234 g/mol. The fourth-order valence-electron chi connectivity index (χ4n) is 1.54. The van der Waals surface area contributed by atoms with Crippen LogP contribution in [-0.2, 0) is 29.6 Å². The molecule has 0 unspecified atom stereocenters. The van der Waals surface area contributed by atoms with Gasteiger partial charge in [-0.2, -0.15) is 5.10 Å². The summed E-state index contributed by atoms with van der Waals surface area (Å²) in [5.41, 5.74) is 7.06. The molecule has 100 valence electrons.